The van der Waals surface area contributed by atoms with Crippen molar-refractivity contribution < 1.29 is 27.8 Å². The van der Waals surface area contributed by atoms with Gasteiger partial charge in [0, 0.05) is 12.1 Å². The lowest BCUT2D eigenvalue weighted by molar-refractivity contribution is -0.108. The number of hydrogen-bond acceptors (Lipinski definition) is 4. The molecule has 0 aliphatic carbocycles. The van der Waals surface area contributed by atoms with Crippen LogP contribution >= 0.6 is 0 Å². The highest BCUT2D eigenvalue weighted by Crippen LogP contribution is 2.45. The molecule has 0 N–H and O–H groups in total. The molecule has 0 spiro atoms. The van der Waals surface area contributed by atoms with E-state index in [9.17, 15) is 4.79 Å². The largest absolute Gasteiger partial charge is 0.497 e. The summed E-state index contributed by atoms with van der Waals surface area (Å²) >= 11 is 0. The first kappa shape index (κ1) is 26.2. The number of amides is 1. The van der Waals surface area contributed by atoms with Gasteiger partial charge in [-0.1, -0.05) is 72.8 Å². The fraction of sp³-hybridized carbons (Fsp3) is 0.219. The number of cyclic esters (lactones) is 1. The van der Waals surface area contributed by atoms with Crippen LogP contribution in [0.1, 0.15) is 29.2 Å². The molecule has 4 aromatic rings. The third kappa shape index (κ3) is 6.03. The van der Waals surface area contributed by atoms with Gasteiger partial charge in [-0.2, -0.15) is 0 Å². The topological polar surface area (TPSA) is 48.0 Å². The fourth-order valence-corrected chi connectivity index (χ4v) is 4.73. The highest BCUT2D eigenvalue weighted by molar-refractivity contribution is 5.91. The van der Waals surface area contributed by atoms with Crippen LogP contribution in [0.3, 0.4) is 0 Å². The Bertz CT molecular complexity index is 1360. The third-order valence-corrected chi connectivity index (χ3v) is 6.82. The van der Waals surface area contributed by atoms with E-state index in [1.807, 2.05) is 60.7 Å². The van der Waals surface area contributed by atoms with E-state index in [0.29, 0.717) is 29.4 Å². The molecule has 7 heteroatoms. The molecule has 1 aliphatic rings. The van der Waals surface area contributed by atoms with E-state index in [0.717, 1.165) is 11.1 Å². The molecule has 4 aromatic carbocycles. The number of anilines is 1. The van der Waals surface area contributed by atoms with Gasteiger partial charge in [-0.3, -0.25) is 4.90 Å². The molecule has 2 atom stereocenters. The van der Waals surface area contributed by atoms with Crippen molar-refractivity contribution in [3.05, 3.63) is 126 Å². The summed E-state index contributed by atoms with van der Waals surface area (Å²) in [5.41, 5.74) is 2.77. The smallest absolute Gasteiger partial charge is 0.415 e. The van der Waals surface area contributed by atoms with E-state index in [4.69, 9.17) is 14.2 Å². The lowest BCUT2D eigenvalue weighted by Gasteiger charge is -2.30. The molecule has 0 unspecified atom stereocenters. The highest BCUT2D eigenvalue weighted by atomic mass is 19.3. The van der Waals surface area contributed by atoms with Gasteiger partial charge in [-0.25, -0.2) is 13.6 Å². The van der Waals surface area contributed by atoms with E-state index in [-0.39, 0.29) is 6.42 Å². The number of nitrogens with zero attached hydrogens (tertiary/aromatic N) is 1. The molecule has 0 radical (unpaired) electrons. The Balaban J connectivity index is 1.42. The minimum atomic E-state index is -3.28. The SMILES string of the molecule is COc1ccc(N2C(=O)O[C@H](C(F)(F)CCc3ccccc3)[C@H]2c2ccc(OCc3ccccc3)cc2)cc1. The maximum Gasteiger partial charge on any atom is 0.415 e. The van der Waals surface area contributed by atoms with Crippen molar-refractivity contribution in [2.24, 2.45) is 0 Å². The first-order valence-corrected chi connectivity index (χ1v) is 12.8. The zero-order chi connectivity index (χ0) is 27.2. The second-order valence-corrected chi connectivity index (χ2v) is 9.41. The van der Waals surface area contributed by atoms with Crippen molar-refractivity contribution in [1.82, 2.24) is 0 Å². The highest BCUT2D eigenvalue weighted by Gasteiger charge is 2.55. The van der Waals surface area contributed by atoms with Crippen LogP contribution in [-0.2, 0) is 17.8 Å². The second-order valence-electron chi connectivity index (χ2n) is 9.41. The quantitative estimate of drug-likeness (QED) is 0.212. The number of hydrogen-bond donors (Lipinski definition) is 0. The fourth-order valence-electron chi connectivity index (χ4n) is 4.73. The number of ether oxygens (including phenoxy) is 3. The molecular formula is C32H29F2NO4. The Hall–Kier alpha value is -4.39. The van der Waals surface area contributed by atoms with Crippen LogP contribution in [0.25, 0.3) is 0 Å². The van der Waals surface area contributed by atoms with Gasteiger partial charge in [0.2, 0.25) is 0 Å². The van der Waals surface area contributed by atoms with Gasteiger partial charge in [0.25, 0.3) is 5.92 Å². The van der Waals surface area contributed by atoms with Crippen molar-refractivity contribution in [3.63, 3.8) is 0 Å². The summed E-state index contributed by atoms with van der Waals surface area (Å²) in [6.07, 6.45) is -2.80. The average Bonchev–Trinajstić information content (AvgIpc) is 3.34. The summed E-state index contributed by atoms with van der Waals surface area (Å²) < 4.78 is 48.1. The third-order valence-electron chi connectivity index (χ3n) is 6.82. The van der Waals surface area contributed by atoms with Crippen LogP contribution in [-0.4, -0.2) is 25.2 Å². The molecule has 39 heavy (non-hydrogen) atoms. The standard InChI is InChI=1S/C32H29F2NO4/c1-37-27-18-14-26(15-19-27)35-29(25-12-16-28(17-13-25)38-22-24-10-6-3-7-11-24)30(39-31(35)36)32(33,34)21-20-23-8-4-2-5-9-23/h2-19,29-30H,20-22H2,1H3/t29-,30+/m1/s1. The molecule has 0 bridgehead atoms. The van der Waals surface area contributed by atoms with Gasteiger partial charge in [-0.15, -0.1) is 0 Å². The van der Waals surface area contributed by atoms with Gasteiger partial charge in [-0.05, 0) is 59.5 Å². The van der Waals surface area contributed by atoms with Crippen LogP contribution in [0.15, 0.2) is 109 Å². The Labute approximate surface area is 226 Å². The Morgan fingerprint density at radius 3 is 2.00 bits per heavy atom. The van der Waals surface area contributed by atoms with Crippen LogP contribution in [0, 0.1) is 0 Å². The van der Waals surface area contributed by atoms with Crippen molar-refractivity contribution in [3.8, 4) is 11.5 Å². The molecule has 5 rings (SSSR count). The maximum atomic E-state index is 15.8. The Morgan fingerprint density at radius 1 is 0.795 bits per heavy atom. The summed E-state index contributed by atoms with van der Waals surface area (Å²) in [5, 5.41) is 0. The first-order chi connectivity index (χ1) is 18.9. The number of carbonyl (C=O) groups is 1. The van der Waals surface area contributed by atoms with Gasteiger partial charge in [0.15, 0.2) is 6.10 Å². The molecule has 200 valence electrons. The summed E-state index contributed by atoms with van der Waals surface area (Å²) in [5.74, 6) is -2.09. The molecule has 1 amide bonds. The monoisotopic (exact) mass is 529 g/mol. The zero-order valence-corrected chi connectivity index (χ0v) is 21.5. The van der Waals surface area contributed by atoms with E-state index in [1.54, 1.807) is 48.5 Å². The lowest BCUT2D eigenvalue weighted by atomic mass is 9.92. The predicted octanol–water partition coefficient (Wildman–Crippen LogP) is 7.61. The van der Waals surface area contributed by atoms with Gasteiger partial charge in [0.05, 0.1) is 7.11 Å². The first-order valence-electron chi connectivity index (χ1n) is 12.8. The zero-order valence-electron chi connectivity index (χ0n) is 21.5. The molecular weight excluding hydrogens is 500 g/mol. The van der Waals surface area contributed by atoms with Crippen LogP contribution in [0.2, 0.25) is 0 Å². The number of aryl methyl sites for hydroxylation is 1. The predicted molar refractivity (Wildman–Crippen MR) is 145 cm³/mol. The number of alkyl halides is 2. The maximum absolute atomic E-state index is 15.8. The Kier molecular flexibility index (Phi) is 7.77. The number of methoxy groups -OCH3 is 1. The summed E-state index contributed by atoms with van der Waals surface area (Å²) in [7, 11) is 1.53. The number of carbonyl (C=O) groups excluding carboxylic acids is 1. The molecule has 0 saturated carbocycles. The van der Waals surface area contributed by atoms with Gasteiger partial charge in [0.1, 0.15) is 24.1 Å². The molecule has 1 aliphatic heterocycles. The minimum Gasteiger partial charge on any atom is -0.497 e. The van der Waals surface area contributed by atoms with Crippen LogP contribution < -0.4 is 14.4 Å². The normalized spacial score (nSPS) is 17.1. The lowest BCUT2D eigenvalue weighted by Crippen LogP contribution is -2.40. The molecule has 1 saturated heterocycles. The summed E-state index contributed by atoms with van der Waals surface area (Å²) in [6.45, 7) is 0.378. The van der Waals surface area contributed by atoms with Gasteiger partial charge >= 0.3 is 6.09 Å². The van der Waals surface area contributed by atoms with E-state index in [1.165, 1.54) is 12.0 Å². The number of halogens is 2. The van der Waals surface area contributed by atoms with E-state index < -0.39 is 30.6 Å². The number of benzene rings is 4. The van der Waals surface area contributed by atoms with Crippen molar-refractivity contribution in [2.75, 3.05) is 12.0 Å². The van der Waals surface area contributed by atoms with Crippen LogP contribution in [0.4, 0.5) is 19.3 Å². The molecule has 1 fully saturated rings. The Morgan fingerprint density at radius 2 is 1.38 bits per heavy atom. The van der Waals surface area contributed by atoms with E-state index in [2.05, 4.69) is 0 Å². The summed E-state index contributed by atoms with van der Waals surface area (Å²) in [6, 6.07) is 31.4. The van der Waals surface area contributed by atoms with Gasteiger partial charge < -0.3 is 14.2 Å². The number of rotatable bonds is 10. The van der Waals surface area contributed by atoms with Crippen LogP contribution in [0.5, 0.6) is 11.5 Å². The van der Waals surface area contributed by atoms with E-state index >= 15 is 8.78 Å². The average molecular weight is 530 g/mol. The molecule has 0 aromatic heterocycles. The summed E-state index contributed by atoms with van der Waals surface area (Å²) in [4.78, 5) is 14.4. The molecule has 5 nitrogen and oxygen atoms in total. The minimum absolute atomic E-state index is 0.156. The van der Waals surface area contributed by atoms with Crippen molar-refractivity contribution in [2.45, 2.75) is 37.5 Å². The van der Waals surface area contributed by atoms with Crippen molar-refractivity contribution in [1.29, 1.82) is 0 Å². The van der Waals surface area contributed by atoms with Crippen molar-refractivity contribution >= 4 is 11.8 Å². The molecule has 1 heterocycles. The second kappa shape index (κ2) is 11.6.